The maximum atomic E-state index is 12.1. The number of rotatable bonds is 6. The molecule has 1 aromatic heterocycles. The molecule has 0 unspecified atom stereocenters. The lowest BCUT2D eigenvalue weighted by Crippen LogP contribution is -2.05. The summed E-state index contributed by atoms with van der Waals surface area (Å²) in [6.07, 6.45) is 6.50. The van der Waals surface area contributed by atoms with E-state index in [1.54, 1.807) is 24.3 Å². The van der Waals surface area contributed by atoms with E-state index in [0.717, 1.165) is 11.1 Å². The smallest absolute Gasteiger partial charge is 0.341 e. The minimum atomic E-state index is -0.490. The van der Waals surface area contributed by atoms with Crippen molar-refractivity contribution in [2.75, 3.05) is 14.2 Å². The zero-order chi connectivity index (χ0) is 20.8. The van der Waals surface area contributed by atoms with Crippen molar-refractivity contribution in [3.8, 4) is 11.5 Å². The Morgan fingerprint density at radius 3 is 2.59 bits per heavy atom. The number of carbonyl (C=O) groups is 1. The maximum Gasteiger partial charge on any atom is 0.341 e. The highest BCUT2D eigenvalue weighted by Gasteiger charge is 2.15. The zero-order valence-electron chi connectivity index (χ0n) is 15.7. The molecule has 7 heteroatoms. The standard InChI is InChI=1S/C22H17Cl2NO4/c1-27-13-18(22(26)28-2)17-6-4-3-5-14(17)7-9-16-12-29-21(25-16)15-8-10-19(23)20(24)11-15/h3-13H,1-2H3/b9-7+,18-13+. The van der Waals surface area contributed by atoms with Gasteiger partial charge in [0.15, 0.2) is 0 Å². The topological polar surface area (TPSA) is 61.6 Å². The fourth-order valence-electron chi connectivity index (χ4n) is 2.64. The van der Waals surface area contributed by atoms with Gasteiger partial charge in [0, 0.05) is 5.56 Å². The SMILES string of the molecule is CO/C=C(/C(=O)OC)c1ccccc1/C=C/c1coc(-c2ccc(Cl)c(Cl)c2)n1. The third kappa shape index (κ3) is 4.88. The highest BCUT2D eigenvalue weighted by molar-refractivity contribution is 6.42. The number of oxazole rings is 1. The number of aromatic nitrogens is 1. The van der Waals surface area contributed by atoms with Crippen LogP contribution in [0, 0.1) is 0 Å². The van der Waals surface area contributed by atoms with Crippen molar-refractivity contribution in [2.24, 2.45) is 0 Å². The van der Waals surface area contributed by atoms with Gasteiger partial charge in [-0.15, -0.1) is 0 Å². The molecule has 0 amide bonds. The van der Waals surface area contributed by atoms with E-state index in [2.05, 4.69) is 4.98 Å². The van der Waals surface area contributed by atoms with Crippen LogP contribution in [0.4, 0.5) is 0 Å². The molecule has 2 aromatic carbocycles. The molecule has 0 saturated carbocycles. The molecular formula is C22H17Cl2NO4. The maximum absolute atomic E-state index is 12.1. The number of halogens is 2. The molecule has 0 bridgehead atoms. The third-order valence-corrected chi connectivity index (χ3v) is 4.75. The number of benzene rings is 2. The zero-order valence-corrected chi connectivity index (χ0v) is 17.2. The number of carbonyl (C=O) groups excluding carboxylic acids is 1. The van der Waals surface area contributed by atoms with Gasteiger partial charge < -0.3 is 13.9 Å². The molecule has 3 aromatic rings. The van der Waals surface area contributed by atoms with E-state index in [1.165, 1.54) is 26.7 Å². The van der Waals surface area contributed by atoms with Crippen molar-refractivity contribution < 1.29 is 18.7 Å². The normalized spacial score (nSPS) is 11.7. The fourth-order valence-corrected chi connectivity index (χ4v) is 2.93. The first-order valence-corrected chi connectivity index (χ1v) is 9.28. The summed E-state index contributed by atoms with van der Waals surface area (Å²) in [5.74, 6) is -0.0675. The van der Waals surface area contributed by atoms with E-state index in [0.29, 0.717) is 32.8 Å². The van der Waals surface area contributed by atoms with Crippen LogP contribution in [0.15, 0.2) is 59.4 Å². The molecule has 0 aliphatic carbocycles. The Morgan fingerprint density at radius 2 is 1.86 bits per heavy atom. The highest BCUT2D eigenvalue weighted by atomic mass is 35.5. The Morgan fingerprint density at radius 1 is 1.07 bits per heavy atom. The number of nitrogens with zero attached hydrogens (tertiary/aromatic N) is 1. The van der Waals surface area contributed by atoms with Gasteiger partial charge >= 0.3 is 5.97 Å². The van der Waals surface area contributed by atoms with Gasteiger partial charge in [-0.2, -0.15) is 0 Å². The van der Waals surface area contributed by atoms with Crippen molar-refractivity contribution in [2.45, 2.75) is 0 Å². The van der Waals surface area contributed by atoms with Gasteiger partial charge in [0.05, 0.1) is 30.5 Å². The predicted molar refractivity (Wildman–Crippen MR) is 114 cm³/mol. The summed E-state index contributed by atoms with van der Waals surface area (Å²) in [6.45, 7) is 0. The molecule has 29 heavy (non-hydrogen) atoms. The lowest BCUT2D eigenvalue weighted by Gasteiger charge is -2.08. The summed E-state index contributed by atoms with van der Waals surface area (Å²) < 4.78 is 15.4. The number of ether oxygens (including phenoxy) is 2. The van der Waals surface area contributed by atoms with E-state index in [-0.39, 0.29) is 0 Å². The second-order valence-corrected chi connectivity index (χ2v) is 6.70. The predicted octanol–water partition coefficient (Wildman–Crippen LogP) is 5.98. The molecule has 3 rings (SSSR count). The second-order valence-electron chi connectivity index (χ2n) is 5.89. The first kappa shape index (κ1) is 20.7. The van der Waals surface area contributed by atoms with Gasteiger partial charge in [-0.3, -0.25) is 0 Å². The lowest BCUT2D eigenvalue weighted by molar-refractivity contribution is -0.133. The molecule has 0 spiro atoms. The van der Waals surface area contributed by atoms with Crippen molar-refractivity contribution in [1.29, 1.82) is 0 Å². The fraction of sp³-hybridized carbons (Fsp3) is 0.0909. The van der Waals surface area contributed by atoms with Crippen LogP contribution in [0.2, 0.25) is 10.0 Å². The largest absolute Gasteiger partial charge is 0.503 e. The molecule has 0 aliphatic heterocycles. The molecule has 0 radical (unpaired) electrons. The van der Waals surface area contributed by atoms with Gasteiger partial charge in [0.25, 0.3) is 0 Å². The Labute approximate surface area is 178 Å². The molecule has 0 saturated heterocycles. The number of hydrogen-bond donors (Lipinski definition) is 0. The van der Waals surface area contributed by atoms with E-state index in [1.807, 2.05) is 30.3 Å². The summed E-state index contributed by atoms with van der Waals surface area (Å²) in [5, 5.41) is 0.887. The van der Waals surface area contributed by atoms with Gasteiger partial charge in [0.1, 0.15) is 17.5 Å². The summed E-state index contributed by atoms with van der Waals surface area (Å²) in [6, 6.07) is 12.5. The van der Waals surface area contributed by atoms with E-state index in [4.69, 9.17) is 37.1 Å². The van der Waals surface area contributed by atoms with Crippen molar-refractivity contribution in [3.05, 3.63) is 81.9 Å². The van der Waals surface area contributed by atoms with Crippen LogP contribution in [0.3, 0.4) is 0 Å². The van der Waals surface area contributed by atoms with Crippen LogP contribution in [0.25, 0.3) is 29.2 Å². The summed E-state index contributed by atoms with van der Waals surface area (Å²) in [7, 11) is 2.80. The van der Waals surface area contributed by atoms with Crippen molar-refractivity contribution in [1.82, 2.24) is 4.98 Å². The highest BCUT2D eigenvalue weighted by Crippen LogP contribution is 2.28. The monoisotopic (exact) mass is 429 g/mol. The number of methoxy groups -OCH3 is 2. The summed E-state index contributed by atoms with van der Waals surface area (Å²) >= 11 is 12.0. The molecule has 0 N–H and O–H groups in total. The van der Waals surface area contributed by atoms with Crippen LogP contribution in [0.5, 0.6) is 0 Å². The van der Waals surface area contributed by atoms with Crippen LogP contribution in [0.1, 0.15) is 16.8 Å². The minimum Gasteiger partial charge on any atom is -0.503 e. The number of esters is 1. The average Bonchev–Trinajstić information content (AvgIpc) is 3.21. The van der Waals surface area contributed by atoms with Gasteiger partial charge in [-0.05, 0) is 35.4 Å². The quantitative estimate of drug-likeness (QED) is 0.274. The molecule has 0 fully saturated rings. The molecular weight excluding hydrogens is 413 g/mol. The summed E-state index contributed by atoms with van der Waals surface area (Å²) in [4.78, 5) is 16.5. The van der Waals surface area contributed by atoms with Crippen molar-refractivity contribution in [3.63, 3.8) is 0 Å². The average molecular weight is 430 g/mol. The van der Waals surface area contributed by atoms with Gasteiger partial charge in [-0.1, -0.05) is 53.5 Å². The Kier molecular flexibility index (Phi) is 6.75. The van der Waals surface area contributed by atoms with E-state index >= 15 is 0 Å². The Balaban J connectivity index is 1.90. The molecule has 1 heterocycles. The van der Waals surface area contributed by atoms with Crippen LogP contribution < -0.4 is 0 Å². The first-order valence-electron chi connectivity index (χ1n) is 8.53. The first-order chi connectivity index (χ1) is 14.0. The van der Waals surface area contributed by atoms with Crippen LogP contribution in [-0.2, 0) is 14.3 Å². The number of hydrogen-bond acceptors (Lipinski definition) is 5. The molecule has 0 aliphatic rings. The molecule has 148 valence electrons. The van der Waals surface area contributed by atoms with Gasteiger partial charge in [0.2, 0.25) is 5.89 Å². The lowest BCUT2D eigenvalue weighted by atomic mass is 10.00. The van der Waals surface area contributed by atoms with Crippen molar-refractivity contribution >= 4 is 46.9 Å². The Bertz CT molecular complexity index is 1090. The molecule has 0 atom stereocenters. The second kappa shape index (κ2) is 9.45. The van der Waals surface area contributed by atoms with E-state index < -0.39 is 5.97 Å². The van der Waals surface area contributed by atoms with E-state index in [9.17, 15) is 4.79 Å². The van der Waals surface area contributed by atoms with Crippen LogP contribution in [-0.4, -0.2) is 25.2 Å². The summed E-state index contributed by atoms with van der Waals surface area (Å²) in [5.41, 5.74) is 3.10. The third-order valence-electron chi connectivity index (χ3n) is 4.01. The van der Waals surface area contributed by atoms with Gasteiger partial charge in [-0.25, -0.2) is 9.78 Å². The Hall–Kier alpha value is -3.02. The van der Waals surface area contributed by atoms with Crippen LogP contribution >= 0.6 is 23.2 Å². The molecule has 5 nitrogen and oxygen atoms in total. The minimum absolute atomic E-state index is 0.312.